The van der Waals surface area contributed by atoms with Crippen molar-refractivity contribution in [2.75, 3.05) is 18.1 Å². The summed E-state index contributed by atoms with van der Waals surface area (Å²) in [6.07, 6.45) is 3.48. The third-order valence-corrected chi connectivity index (χ3v) is 4.89. The van der Waals surface area contributed by atoms with Crippen molar-refractivity contribution < 1.29 is 4.52 Å². The van der Waals surface area contributed by atoms with Crippen LogP contribution in [0.5, 0.6) is 0 Å². The Morgan fingerprint density at radius 3 is 3.15 bits per heavy atom. The van der Waals surface area contributed by atoms with Crippen molar-refractivity contribution in [3.63, 3.8) is 0 Å². The summed E-state index contributed by atoms with van der Waals surface area (Å²) in [6.45, 7) is 3.07. The molecular weight excluding hydrogens is 340 g/mol. The summed E-state index contributed by atoms with van der Waals surface area (Å²) in [4.78, 5) is 8.67. The van der Waals surface area contributed by atoms with Crippen LogP contribution in [0.3, 0.4) is 0 Å². The predicted octanol–water partition coefficient (Wildman–Crippen LogP) is 2.70. The van der Waals surface area contributed by atoms with Crippen LogP contribution >= 0.6 is 27.7 Å². The molecule has 0 amide bonds. The summed E-state index contributed by atoms with van der Waals surface area (Å²) < 4.78 is 6.37. The molecule has 0 radical (unpaired) electrons. The molecule has 0 saturated carbocycles. The number of nitrogens with one attached hydrogen (secondary N) is 1. The van der Waals surface area contributed by atoms with Gasteiger partial charge in [-0.2, -0.15) is 16.7 Å². The van der Waals surface area contributed by atoms with E-state index in [0.29, 0.717) is 17.8 Å². The molecule has 1 N–H and O–H groups in total. The zero-order valence-corrected chi connectivity index (χ0v) is 13.4. The molecule has 3 heterocycles. The molecule has 5 nitrogen and oxygen atoms in total. The summed E-state index contributed by atoms with van der Waals surface area (Å²) in [5, 5.41) is 7.57. The molecule has 1 fully saturated rings. The highest BCUT2D eigenvalue weighted by atomic mass is 79.9. The van der Waals surface area contributed by atoms with Crippen LogP contribution in [0, 0.1) is 0 Å². The van der Waals surface area contributed by atoms with Gasteiger partial charge in [-0.3, -0.25) is 4.98 Å². The quantitative estimate of drug-likeness (QED) is 0.910. The van der Waals surface area contributed by atoms with E-state index in [0.717, 1.165) is 34.0 Å². The van der Waals surface area contributed by atoms with Gasteiger partial charge in [-0.05, 0) is 28.5 Å². The molecule has 0 aromatic carbocycles. The molecule has 2 atom stereocenters. The van der Waals surface area contributed by atoms with E-state index >= 15 is 0 Å². The molecule has 0 aliphatic carbocycles. The summed E-state index contributed by atoms with van der Waals surface area (Å²) in [5.41, 5.74) is 0.861. The maximum absolute atomic E-state index is 5.46. The molecule has 2 aromatic rings. The maximum atomic E-state index is 5.46. The summed E-state index contributed by atoms with van der Waals surface area (Å²) in [6, 6.07) is 2.35. The van der Waals surface area contributed by atoms with E-state index in [1.807, 2.05) is 17.8 Å². The van der Waals surface area contributed by atoms with E-state index in [4.69, 9.17) is 4.52 Å². The third kappa shape index (κ3) is 2.89. The Kier molecular flexibility index (Phi) is 4.38. The van der Waals surface area contributed by atoms with Crippen LogP contribution in [0.4, 0.5) is 0 Å². The Morgan fingerprint density at radius 2 is 2.35 bits per heavy atom. The number of aromatic nitrogens is 3. The molecule has 0 bridgehead atoms. The monoisotopic (exact) mass is 354 g/mol. The van der Waals surface area contributed by atoms with Crippen molar-refractivity contribution in [1.82, 2.24) is 20.4 Å². The van der Waals surface area contributed by atoms with Crippen LogP contribution in [0.25, 0.3) is 11.4 Å². The largest absolute Gasteiger partial charge is 0.339 e. The first-order valence-corrected chi connectivity index (χ1v) is 8.48. The van der Waals surface area contributed by atoms with E-state index in [-0.39, 0.29) is 0 Å². The summed E-state index contributed by atoms with van der Waals surface area (Å²) in [5.74, 6) is 3.73. The van der Waals surface area contributed by atoms with Gasteiger partial charge in [-0.1, -0.05) is 12.1 Å². The smallest absolute Gasteiger partial charge is 0.232 e. The second kappa shape index (κ2) is 6.24. The Hall–Kier alpha value is -0.920. The Balaban J connectivity index is 1.83. The topological polar surface area (TPSA) is 63.8 Å². The van der Waals surface area contributed by atoms with Crippen molar-refractivity contribution in [3.05, 3.63) is 28.8 Å². The fraction of sp³-hybridized carbons (Fsp3) is 0.462. The molecule has 2 unspecified atom stereocenters. The second-order valence-corrected chi connectivity index (χ2v) is 6.65. The van der Waals surface area contributed by atoms with Crippen molar-refractivity contribution in [3.8, 4) is 11.4 Å². The van der Waals surface area contributed by atoms with Crippen molar-refractivity contribution in [2.45, 2.75) is 18.9 Å². The SMILES string of the molecule is CCNC1CSCC1c1nc(-c2cncc(Br)c2)no1. The van der Waals surface area contributed by atoms with Crippen LogP contribution in [0.15, 0.2) is 27.5 Å². The highest BCUT2D eigenvalue weighted by molar-refractivity contribution is 9.10. The van der Waals surface area contributed by atoms with Crippen LogP contribution in [-0.4, -0.2) is 39.2 Å². The Morgan fingerprint density at radius 1 is 1.45 bits per heavy atom. The minimum atomic E-state index is 0.293. The zero-order chi connectivity index (χ0) is 13.9. The maximum Gasteiger partial charge on any atom is 0.232 e. The number of hydrogen-bond acceptors (Lipinski definition) is 6. The Labute approximate surface area is 130 Å². The number of rotatable bonds is 4. The highest BCUT2D eigenvalue weighted by Crippen LogP contribution is 2.33. The zero-order valence-electron chi connectivity index (χ0n) is 11.0. The molecular formula is C13H15BrN4OS. The van der Waals surface area contributed by atoms with Crippen LogP contribution < -0.4 is 5.32 Å². The standard InChI is InChI=1S/C13H15BrN4OS/c1-2-16-11-7-20-6-10(11)13-17-12(18-19-13)8-3-9(14)5-15-4-8/h3-5,10-11,16H,2,6-7H2,1H3. The number of likely N-dealkylation sites (N-methyl/N-ethyl adjacent to an activating group) is 1. The average Bonchev–Trinajstić information content (AvgIpc) is 3.07. The minimum absolute atomic E-state index is 0.293. The van der Waals surface area contributed by atoms with Crippen molar-refractivity contribution in [2.24, 2.45) is 0 Å². The predicted molar refractivity (Wildman–Crippen MR) is 82.8 cm³/mol. The lowest BCUT2D eigenvalue weighted by Gasteiger charge is -2.15. The number of pyridine rings is 1. The molecule has 2 aromatic heterocycles. The van der Waals surface area contributed by atoms with Crippen molar-refractivity contribution in [1.29, 1.82) is 0 Å². The van der Waals surface area contributed by atoms with E-state index in [2.05, 4.69) is 43.3 Å². The molecule has 1 saturated heterocycles. The molecule has 0 spiro atoms. The van der Waals surface area contributed by atoms with Gasteiger partial charge >= 0.3 is 0 Å². The fourth-order valence-electron chi connectivity index (χ4n) is 2.30. The molecule has 1 aliphatic rings. The lowest BCUT2D eigenvalue weighted by Crippen LogP contribution is -2.34. The molecule has 106 valence electrons. The molecule has 3 rings (SSSR count). The van der Waals surface area contributed by atoms with E-state index in [1.54, 1.807) is 12.4 Å². The number of thioether (sulfide) groups is 1. The van der Waals surface area contributed by atoms with Gasteiger partial charge < -0.3 is 9.84 Å². The number of halogens is 1. The fourth-order valence-corrected chi connectivity index (χ4v) is 4.03. The number of hydrogen-bond donors (Lipinski definition) is 1. The average molecular weight is 355 g/mol. The molecule has 20 heavy (non-hydrogen) atoms. The van der Waals surface area contributed by atoms with Gasteiger partial charge in [0.05, 0.1) is 5.92 Å². The van der Waals surface area contributed by atoms with E-state index in [9.17, 15) is 0 Å². The van der Waals surface area contributed by atoms with Gasteiger partial charge in [0.2, 0.25) is 11.7 Å². The van der Waals surface area contributed by atoms with Gasteiger partial charge in [0.25, 0.3) is 0 Å². The second-order valence-electron chi connectivity index (χ2n) is 4.66. The van der Waals surface area contributed by atoms with Crippen LogP contribution in [0.1, 0.15) is 18.7 Å². The normalized spacial score (nSPS) is 22.3. The molecule has 7 heteroatoms. The van der Waals surface area contributed by atoms with Gasteiger partial charge in [0.1, 0.15) is 0 Å². The Bertz CT molecular complexity index is 591. The van der Waals surface area contributed by atoms with Crippen LogP contribution in [-0.2, 0) is 0 Å². The van der Waals surface area contributed by atoms with E-state index in [1.165, 1.54) is 0 Å². The lowest BCUT2D eigenvalue weighted by atomic mass is 10.0. The summed E-state index contributed by atoms with van der Waals surface area (Å²) >= 11 is 5.32. The highest BCUT2D eigenvalue weighted by Gasteiger charge is 2.33. The first-order chi connectivity index (χ1) is 9.78. The lowest BCUT2D eigenvalue weighted by molar-refractivity contribution is 0.340. The van der Waals surface area contributed by atoms with Gasteiger partial charge in [0.15, 0.2) is 0 Å². The molecule has 1 aliphatic heterocycles. The van der Waals surface area contributed by atoms with Crippen molar-refractivity contribution >= 4 is 27.7 Å². The van der Waals surface area contributed by atoms with Gasteiger partial charge in [-0.15, -0.1) is 0 Å². The third-order valence-electron chi connectivity index (χ3n) is 3.27. The van der Waals surface area contributed by atoms with Crippen LogP contribution in [0.2, 0.25) is 0 Å². The van der Waals surface area contributed by atoms with Gasteiger partial charge in [0, 0.05) is 40.0 Å². The first kappa shape index (κ1) is 14.0. The first-order valence-electron chi connectivity index (χ1n) is 6.53. The number of nitrogens with zero attached hydrogens (tertiary/aromatic N) is 3. The minimum Gasteiger partial charge on any atom is -0.339 e. The van der Waals surface area contributed by atoms with E-state index < -0.39 is 0 Å². The summed E-state index contributed by atoms with van der Waals surface area (Å²) in [7, 11) is 0. The van der Waals surface area contributed by atoms with Gasteiger partial charge in [-0.25, -0.2) is 0 Å².